The van der Waals surface area contributed by atoms with Crippen molar-refractivity contribution in [2.45, 2.75) is 62.6 Å². The number of hydrogen-bond acceptors (Lipinski definition) is 8. The molecule has 1 saturated carbocycles. The summed E-state index contributed by atoms with van der Waals surface area (Å²) in [4.78, 5) is 21.8. The minimum atomic E-state index is -1.46. The minimum absolute atomic E-state index is 0.00282. The van der Waals surface area contributed by atoms with Crippen LogP contribution in [0.1, 0.15) is 71.7 Å². The van der Waals surface area contributed by atoms with Crippen molar-refractivity contribution in [2.24, 2.45) is 11.7 Å². The molecule has 0 bridgehead atoms. The number of halogens is 3. The Morgan fingerprint density at radius 2 is 1.84 bits per heavy atom. The van der Waals surface area contributed by atoms with Gasteiger partial charge in [0.2, 0.25) is 0 Å². The number of hydrogen-bond donors (Lipinski definition) is 2. The van der Waals surface area contributed by atoms with Crippen LogP contribution in [0.15, 0.2) is 55.1 Å². The van der Waals surface area contributed by atoms with Gasteiger partial charge in [0.05, 0.1) is 23.4 Å². The SMILES string of the molecule is C[C@H]1C[C@@H](c2ccncc2CC(=O)c2ccc(F)c(-c3c(F)cc(C4(O)CCOCC4)cc3F)n2)C[C@@H](N)[C@H]1n1ccnn1. The highest BCUT2D eigenvalue weighted by molar-refractivity contribution is 5.96. The Balaban J connectivity index is 1.25. The van der Waals surface area contributed by atoms with Gasteiger partial charge in [-0.2, -0.15) is 0 Å². The molecule has 1 aliphatic heterocycles. The first kappa shape index (κ1) is 30.0. The minimum Gasteiger partial charge on any atom is -0.385 e. The fourth-order valence-corrected chi connectivity index (χ4v) is 6.75. The van der Waals surface area contributed by atoms with Gasteiger partial charge in [-0.25, -0.2) is 22.8 Å². The fraction of sp³-hybridized carbons (Fsp3) is 0.406. The Kier molecular flexibility index (Phi) is 8.32. The maximum absolute atomic E-state index is 15.3. The maximum atomic E-state index is 15.3. The molecule has 0 amide bonds. The third kappa shape index (κ3) is 5.76. The topological polar surface area (TPSA) is 129 Å². The quantitative estimate of drug-likeness (QED) is 0.291. The molecule has 1 aromatic carbocycles. The van der Waals surface area contributed by atoms with Gasteiger partial charge in [-0.1, -0.05) is 12.1 Å². The first-order valence-electron chi connectivity index (χ1n) is 14.7. The molecule has 9 nitrogen and oxygen atoms in total. The number of rotatable bonds is 7. The van der Waals surface area contributed by atoms with Crippen molar-refractivity contribution in [3.05, 3.63) is 95.0 Å². The molecule has 1 saturated heterocycles. The van der Waals surface area contributed by atoms with Gasteiger partial charge in [-0.15, -0.1) is 5.10 Å². The number of aromatic nitrogens is 5. The highest BCUT2D eigenvalue weighted by atomic mass is 19.1. The second kappa shape index (κ2) is 12.2. The maximum Gasteiger partial charge on any atom is 0.185 e. The summed E-state index contributed by atoms with van der Waals surface area (Å²) < 4.78 is 52.6. The number of aliphatic hydroxyl groups is 1. The Hall–Kier alpha value is -4.00. The first-order chi connectivity index (χ1) is 21.1. The van der Waals surface area contributed by atoms with Crippen LogP contribution in [0.2, 0.25) is 0 Å². The number of carbonyl (C=O) groups excluding carboxylic acids is 1. The Morgan fingerprint density at radius 3 is 2.52 bits per heavy atom. The molecule has 0 radical (unpaired) electrons. The van der Waals surface area contributed by atoms with Gasteiger partial charge in [-0.05, 0) is 71.7 Å². The van der Waals surface area contributed by atoms with Crippen molar-refractivity contribution >= 4 is 5.78 Å². The van der Waals surface area contributed by atoms with Crippen molar-refractivity contribution in [3.63, 3.8) is 0 Å². The number of benzene rings is 1. The van der Waals surface area contributed by atoms with E-state index in [1.54, 1.807) is 23.3 Å². The highest BCUT2D eigenvalue weighted by Crippen LogP contribution is 2.42. The summed E-state index contributed by atoms with van der Waals surface area (Å²) in [6, 6.07) is 5.85. The van der Waals surface area contributed by atoms with E-state index in [2.05, 4.69) is 27.2 Å². The van der Waals surface area contributed by atoms with Crippen LogP contribution in [0.5, 0.6) is 0 Å². The number of ketones is 1. The van der Waals surface area contributed by atoms with E-state index in [9.17, 15) is 14.3 Å². The summed E-state index contributed by atoms with van der Waals surface area (Å²) in [5.74, 6) is -3.36. The highest BCUT2D eigenvalue weighted by Gasteiger charge is 2.37. The average molecular weight is 607 g/mol. The van der Waals surface area contributed by atoms with Gasteiger partial charge in [-0.3, -0.25) is 9.78 Å². The van der Waals surface area contributed by atoms with E-state index in [-0.39, 0.29) is 67.7 Å². The molecule has 44 heavy (non-hydrogen) atoms. The zero-order valence-electron chi connectivity index (χ0n) is 24.2. The standard InChI is InChI=1S/C32H33F3N6O3/c1-18-12-19(13-26(36)31(18)41-9-8-38-40-41)22-4-7-37-17-20(22)14-28(42)27-3-2-23(33)30(39-27)29-24(34)15-21(16-25(29)35)32(43)5-10-44-11-6-32/h2-4,7-9,15-19,26,31,43H,5-6,10-14,36H2,1H3/t18-,19+,26+,31-/m0/s1. The summed E-state index contributed by atoms with van der Waals surface area (Å²) in [6.07, 6.45) is 8.45. The van der Waals surface area contributed by atoms with Crippen LogP contribution in [0.25, 0.3) is 11.3 Å². The van der Waals surface area contributed by atoms with Crippen LogP contribution in [0.4, 0.5) is 13.2 Å². The molecule has 2 fully saturated rings. The lowest BCUT2D eigenvalue weighted by molar-refractivity contribution is -0.0682. The van der Waals surface area contributed by atoms with Crippen molar-refractivity contribution in [1.82, 2.24) is 25.0 Å². The van der Waals surface area contributed by atoms with Crippen LogP contribution < -0.4 is 5.73 Å². The summed E-state index contributed by atoms with van der Waals surface area (Å²) in [5, 5.41) is 19.0. The summed E-state index contributed by atoms with van der Waals surface area (Å²) in [7, 11) is 0. The second-order valence-corrected chi connectivity index (χ2v) is 11.8. The van der Waals surface area contributed by atoms with E-state index in [0.29, 0.717) is 12.0 Å². The lowest BCUT2D eigenvalue weighted by Gasteiger charge is -2.39. The molecule has 4 heterocycles. The van der Waals surface area contributed by atoms with Crippen LogP contribution >= 0.6 is 0 Å². The number of ether oxygens (including phenoxy) is 1. The lowest BCUT2D eigenvalue weighted by Crippen LogP contribution is -2.42. The molecule has 2 aliphatic rings. The summed E-state index contributed by atoms with van der Waals surface area (Å²) in [6.45, 7) is 2.61. The van der Waals surface area contributed by atoms with Crippen LogP contribution in [-0.4, -0.2) is 55.1 Å². The van der Waals surface area contributed by atoms with Crippen molar-refractivity contribution in [2.75, 3.05) is 13.2 Å². The number of nitrogens with zero attached hydrogens (tertiary/aromatic N) is 5. The molecule has 230 valence electrons. The van der Waals surface area contributed by atoms with Crippen LogP contribution in [-0.2, 0) is 16.8 Å². The van der Waals surface area contributed by atoms with E-state index in [1.807, 2.05) is 12.3 Å². The monoisotopic (exact) mass is 606 g/mol. The second-order valence-electron chi connectivity index (χ2n) is 11.8. The Morgan fingerprint density at radius 1 is 1.09 bits per heavy atom. The normalized spacial score (nSPS) is 23.4. The summed E-state index contributed by atoms with van der Waals surface area (Å²) in [5.41, 5.74) is 5.35. The molecule has 6 rings (SSSR count). The third-order valence-corrected chi connectivity index (χ3v) is 8.98. The van der Waals surface area contributed by atoms with Gasteiger partial charge in [0, 0.05) is 57.1 Å². The molecule has 1 aliphatic carbocycles. The van der Waals surface area contributed by atoms with Gasteiger partial charge in [0.1, 0.15) is 28.8 Å². The molecule has 3 N–H and O–H groups in total. The molecular formula is C32H33F3N6O3. The van der Waals surface area contributed by atoms with E-state index in [4.69, 9.17) is 10.5 Å². The average Bonchev–Trinajstić information content (AvgIpc) is 3.52. The van der Waals surface area contributed by atoms with E-state index in [1.165, 1.54) is 6.07 Å². The number of carbonyl (C=O) groups is 1. The Labute approximate surface area is 252 Å². The van der Waals surface area contributed by atoms with Crippen LogP contribution in [0.3, 0.4) is 0 Å². The van der Waals surface area contributed by atoms with E-state index in [0.717, 1.165) is 30.2 Å². The van der Waals surface area contributed by atoms with E-state index >= 15 is 8.78 Å². The molecule has 0 unspecified atom stereocenters. The number of Topliss-reactive ketones (excluding diaryl/α,β-unsaturated/α-hetero) is 1. The molecule has 4 aromatic rings. The van der Waals surface area contributed by atoms with Crippen molar-refractivity contribution in [1.29, 1.82) is 0 Å². The van der Waals surface area contributed by atoms with Gasteiger partial charge < -0.3 is 15.6 Å². The zero-order chi connectivity index (χ0) is 31.0. The van der Waals surface area contributed by atoms with E-state index < -0.39 is 40.1 Å². The zero-order valence-corrected chi connectivity index (χ0v) is 24.2. The van der Waals surface area contributed by atoms with Gasteiger partial charge in [0.15, 0.2) is 5.78 Å². The van der Waals surface area contributed by atoms with Crippen molar-refractivity contribution < 1.29 is 27.8 Å². The molecule has 4 atom stereocenters. The van der Waals surface area contributed by atoms with Crippen molar-refractivity contribution in [3.8, 4) is 11.3 Å². The lowest BCUT2D eigenvalue weighted by atomic mass is 9.72. The molecule has 3 aromatic heterocycles. The number of pyridine rings is 2. The predicted molar refractivity (Wildman–Crippen MR) is 154 cm³/mol. The predicted octanol–water partition coefficient (Wildman–Crippen LogP) is 4.66. The molecule has 0 spiro atoms. The van der Waals surface area contributed by atoms with Gasteiger partial charge >= 0.3 is 0 Å². The first-order valence-corrected chi connectivity index (χ1v) is 14.7. The smallest absolute Gasteiger partial charge is 0.185 e. The third-order valence-electron chi connectivity index (χ3n) is 8.98. The Bertz CT molecular complexity index is 1630. The molecular weight excluding hydrogens is 573 g/mol. The van der Waals surface area contributed by atoms with Gasteiger partial charge in [0.25, 0.3) is 0 Å². The molecule has 12 heteroatoms. The largest absolute Gasteiger partial charge is 0.385 e. The van der Waals surface area contributed by atoms with Crippen LogP contribution in [0, 0.1) is 23.4 Å². The fourth-order valence-electron chi connectivity index (χ4n) is 6.75. The summed E-state index contributed by atoms with van der Waals surface area (Å²) >= 11 is 0. The number of nitrogens with two attached hydrogens (primary N) is 1.